The van der Waals surface area contributed by atoms with E-state index < -0.39 is 0 Å². The standard InChI is InChI=1S/C13H9N/c1-2-4-10-8(3-1)5-9-6-12-13(14-12)7-11(9)10/h1-4,6-7,13H,5H2. The van der Waals surface area contributed by atoms with Crippen molar-refractivity contribution in [3.05, 3.63) is 53.1 Å². The Morgan fingerprint density at radius 2 is 2.14 bits per heavy atom. The van der Waals surface area contributed by atoms with Crippen LogP contribution in [-0.4, -0.2) is 11.8 Å². The van der Waals surface area contributed by atoms with E-state index in [-0.39, 0.29) is 0 Å². The van der Waals surface area contributed by atoms with Gasteiger partial charge in [-0.2, -0.15) is 0 Å². The quantitative estimate of drug-likeness (QED) is 0.580. The fourth-order valence-corrected chi connectivity index (χ4v) is 2.44. The summed E-state index contributed by atoms with van der Waals surface area (Å²) in [4.78, 5) is 4.37. The van der Waals surface area contributed by atoms with E-state index in [1.165, 1.54) is 28.0 Å². The molecule has 1 unspecified atom stereocenters. The van der Waals surface area contributed by atoms with Gasteiger partial charge in [0.25, 0.3) is 0 Å². The Kier molecular flexibility index (Phi) is 0.995. The zero-order chi connectivity index (χ0) is 9.12. The highest BCUT2D eigenvalue weighted by Crippen LogP contribution is 2.41. The van der Waals surface area contributed by atoms with Gasteiger partial charge in [0, 0.05) is 0 Å². The first-order chi connectivity index (χ1) is 6.92. The molecular weight excluding hydrogens is 170 g/mol. The molecule has 0 N–H and O–H groups in total. The number of fused-ring (bicyclic) bond motifs is 4. The van der Waals surface area contributed by atoms with Crippen molar-refractivity contribution in [3.63, 3.8) is 0 Å². The molecule has 14 heavy (non-hydrogen) atoms. The lowest BCUT2D eigenvalue weighted by atomic mass is 9.98. The van der Waals surface area contributed by atoms with Gasteiger partial charge in [-0.05, 0) is 40.8 Å². The summed E-state index contributed by atoms with van der Waals surface area (Å²) in [6.07, 6.45) is 5.66. The molecule has 0 fully saturated rings. The van der Waals surface area contributed by atoms with E-state index in [4.69, 9.17) is 0 Å². The number of aliphatic imine (C=N–C) groups is 1. The fraction of sp³-hybridized carbons (Fsp3) is 0.154. The monoisotopic (exact) mass is 179 g/mol. The Balaban J connectivity index is 1.98. The highest BCUT2D eigenvalue weighted by molar-refractivity contribution is 6.16. The molecule has 1 heteroatoms. The minimum atomic E-state index is 0.417. The molecule has 0 saturated heterocycles. The van der Waals surface area contributed by atoms with Crippen LogP contribution in [0.25, 0.3) is 5.57 Å². The van der Waals surface area contributed by atoms with Crippen molar-refractivity contribution in [2.24, 2.45) is 4.99 Å². The third kappa shape index (κ3) is 0.728. The Labute approximate surface area is 82.5 Å². The molecule has 1 aliphatic heterocycles. The minimum absolute atomic E-state index is 0.417. The van der Waals surface area contributed by atoms with E-state index in [0.29, 0.717) is 6.04 Å². The first-order valence-corrected chi connectivity index (χ1v) is 5.00. The predicted molar refractivity (Wildman–Crippen MR) is 57.4 cm³/mol. The molecule has 66 valence electrons. The van der Waals surface area contributed by atoms with E-state index in [1.807, 2.05) is 0 Å². The second kappa shape index (κ2) is 2.06. The second-order valence-corrected chi connectivity index (χ2v) is 4.08. The first kappa shape index (κ1) is 6.77. The Morgan fingerprint density at radius 1 is 1.21 bits per heavy atom. The van der Waals surface area contributed by atoms with Crippen molar-refractivity contribution in [3.8, 4) is 0 Å². The summed E-state index contributed by atoms with van der Waals surface area (Å²) in [6, 6.07) is 9.10. The van der Waals surface area contributed by atoms with Gasteiger partial charge in [0.1, 0.15) is 6.04 Å². The molecule has 0 spiro atoms. The van der Waals surface area contributed by atoms with Crippen molar-refractivity contribution in [2.45, 2.75) is 12.5 Å². The number of hydrogen-bond donors (Lipinski definition) is 0. The molecular formula is C13H9N. The van der Waals surface area contributed by atoms with Crippen LogP contribution in [0.1, 0.15) is 11.1 Å². The van der Waals surface area contributed by atoms with Crippen molar-refractivity contribution in [1.29, 1.82) is 0 Å². The van der Waals surface area contributed by atoms with E-state index >= 15 is 0 Å². The van der Waals surface area contributed by atoms with Gasteiger partial charge in [-0.3, -0.25) is 4.99 Å². The summed E-state index contributed by atoms with van der Waals surface area (Å²) in [5.74, 6) is 0. The van der Waals surface area contributed by atoms with Gasteiger partial charge in [0.15, 0.2) is 0 Å². The molecule has 0 radical (unpaired) electrons. The molecule has 2 aliphatic carbocycles. The Morgan fingerprint density at radius 3 is 3.14 bits per heavy atom. The third-order valence-electron chi connectivity index (χ3n) is 3.20. The zero-order valence-corrected chi connectivity index (χ0v) is 7.70. The third-order valence-corrected chi connectivity index (χ3v) is 3.20. The van der Waals surface area contributed by atoms with Crippen LogP contribution < -0.4 is 0 Å². The minimum Gasteiger partial charge on any atom is -0.273 e. The zero-order valence-electron chi connectivity index (χ0n) is 7.70. The van der Waals surface area contributed by atoms with E-state index in [1.54, 1.807) is 0 Å². The van der Waals surface area contributed by atoms with Crippen molar-refractivity contribution < 1.29 is 0 Å². The van der Waals surface area contributed by atoms with E-state index in [2.05, 4.69) is 41.4 Å². The Hall–Kier alpha value is -1.63. The molecule has 4 rings (SSSR count). The summed E-state index contributed by atoms with van der Waals surface area (Å²) in [5, 5.41) is 0. The van der Waals surface area contributed by atoms with Gasteiger partial charge < -0.3 is 0 Å². The topological polar surface area (TPSA) is 12.4 Å². The lowest BCUT2D eigenvalue weighted by Crippen LogP contribution is -1.99. The van der Waals surface area contributed by atoms with Gasteiger partial charge in [0.05, 0.1) is 5.71 Å². The maximum atomic E-state index is 4.37. The number of benzene rings is 1. The van der Waals surface area contributed by atoms with Crippen LogP contribution in [0, 0.1) is 0 Å². The highest BCUT2D eigenvalue weighted by Gasteiger charge is 2.33. The molecule has 1 heterocycles. The molecule has 1 aromatic carbocycles. The van der Waals surface area contributed by atoms with Crippen LogP contribution in [0.15, 0.2) is 47.0 Å². The smallest absolute Gasteiger partial charge is 0.111 e. The maximum absolute atomic E-state index is 4.37. The SMILES string of the molecule is C1=C2Cc3ccccc3C2=CC2N=C12. The van der Waals surface area contributed by atoms with Gasteiger partial charge >= 0.3 is 0 Å². The van der Waals surface area contributed by atoms with Gasteiger partial charge in [-0.15, -0.1) is 0 Å². The van der Waals surface area contributed by atoms with Gasteiger partial charge in [-0.25, -0.2) is 0 Å². The Bertz CT molecular complexity index is 532. The largest absolute Gasteiger partial charge is 0.273 e. The van der Waals surface area contributed by atoms with Crippen molar-refractivity contribution in [1.82, 2.24) is 0 Å². The first-order valence-electron chi connectivity index (χ1n) is 5.00. The van der Waals surface area contributed by atoms with Crippen LogP contribution in [-0.2, 0) is 6.42 Å². The van der Waals surface area contributed by atoms with Crippen LogP contribution in [0.4, 0.5) is 0 Å². The lowest BCUT2D eigenvalue weighted by molar-refractivity contribution is 1.25. The van der Waals surface area contributed by atoms with Gasteiger partial charge in [-0.1, -0.05) is 24.3 Å². The number of rotatable bonds is 0. The average Bonchev–Trinajstić information content (AvgIpc) is 2.87. The molecule has 3 aliphatic rings. The molecule has 1 nitrogen and oxygen atoms in total. The summed E-state index contributed by atoms with van der Waals surface area (Å²) < 4.78 is 0. The summed E-state index contributed by atoms with van der Waals surface area (Å²) >= 11 is 0. The molecule has 0 aromatic heterocycles. The highest BCUT2D eigenvalue weighted by atomic mass is 15.0. The predicted octanol–water partition coefficient (Wildman–Crippen LogP) is 2.39. The van der Waals surface area contributed by atoms with Crippen molar-refractivity contribution >= 4 is 11.3 Å². The van der Waals surface area contributed by atoms with Crippen molar-refractivity contribution in [2.75, 3.05) is 0 Å². The molecule has 1 aromatic rings. The normalized spacial score (nSPS) is 25.4. The van der Waals surface area contributed by atoms with Crippen LogP contribution in [0.2, 0.25) is 0 Å². The number of hydrogen-bond acceptors (Lipinski definition) is 1. The lowest BCUT2D eigenvalue weighted by Gasteiger charge is -2.05. The summed E-state index contributed by atoms with van der Waals surface area (Å²) in [6.45, 7) is 0. The van der Waals surface area contributed by atoms with E-state index in [0.717, 1.165) is 6.42 Å². The fourth-order valence-electron chi connectivity index (χ4n) is 2.44. The molecule has 0 saturated carbocycles. The van der Waals surface area contributed by atoms with Crippen LogP contribution in [0.5, 0.6) is 0 Å². The van der Waals surface area contributed by atoms with Crippen LogP contribution >= 0.6 is 0 Å². The molecule has 0 amide bonds. The molecule has 0 bridgehead atoms. The average molecular weight is 179 g/mol. The second-order valence-electron chi connectivity index (χ2n) is 4.08. The van der Waals surface area contributed by atoms with Gasteiger partial charge in [0.2, 0.25) is 0 Å². The summed E-state index contributed by atoms with van der Waals surface area (Å²) in [5.41, 5.74) is 7.04. The molecule has 1 atom stereocenters. The summed E-state index contributed by atoms with van der Waals surface area (Å²) in [7, 11) is 0. The maximum Gasteiger partial charge on any atom is 0.111 e. The van der Waals surface area contributed by atoms with E-state index in [9.17, 15) is 0 Å². The number of allylic oxidation sites excluding steroid dienone is 2. The number of nitrogens with zero attached hydrogens (tertiary/aromatic N) is 1. The van der Waals surface area contributed by atoms with Crippen LogP contribution in [0.3, 0.4) is 0 Å².